The summed E-state index contributed by atoms with van der Waals surface area (Å²) in [5, 5.41) is 13.0. The molecule has 3 fully saturated rings. The quantitative estimate of drug-likeness (QED) is 0.329. The van der Waals surface area contributed by atoms with Crippen LogP contribution in [-0.2, 0) is 0 Å². The van der Waals surface area contributed by atoms with Crippen LogP contribution in [0.25, 0.3) is 0 Å². The van der Waals surface area contributed by atoms with Crippen molar-refractivity contribution in [3.63, 3.8) is 0 Å². The third-order valence-corrected chi connectivity index (χ3v) is 11.6. The second kappa shape index (κ2) is 10.9. The van der Waals surface area contributed by atoms with Crippen LogP contribution in [-0.4, -0.2) is 29.3 Å². The van der Waals surface area contributed by atoms with Crippen LogP contribution in [0.4, 0.5) is 5.69 Å². The van der Waals surface area contributed by atoms with Gasteiger partial charge in [-0.2, -0.15) is 0 Å². The zero-order valence-corrected chi connectivity index (χ0v) is 24.6. The van der Waals surface area contributed by atoms with E-state index in [1.54, 1.807) is 5.70 Å². The lowest BCUT2D eigenvalue weighted by Gasteiger charge is -2.52. The Morgan fingerprint density at radius 3 is 2.66 bits per heavy atom. The first kappa shape index (κ1) is 26.1. The smallest absolute Gasteiger partial charge is 0.135 e. The molecule has 0 aromatic heterocycles. The van der Waals surface area contributed by atoms with E-state index in [9.17, 15) is 0 Å². The number of para-hydroxylation sites is 1. The van der Waals surface area contributed by atoms with Crippen LogP contribution in [0.5, 0.6) is 0 Å². The van der Waals surface area contributed by atoms with Crippen LogP contribution < -0.4 is 16.0 Å². The summed E-state index contributed by atoms with van der Waals surface area (Å²) in [5.41, 5.74) is 3.89. The molecule has 5 aliphatic carbocycles. The Bertz CT molecular complexity index is 1340. The molecule has 214 valence electrons. The normalized spacial score (nSPS) is 40.7. The summed E-state index contributed by atoms with van der Waals surface area (Å²) in [4.78, 5) is 2.83. The van der Waals surface area contributed by atoms with E-state index in [1.165, 1.54) is 50.6 Å². The molecule has 1 aromatic rings. The van der Waals surface area contributed by atoms with E-state index in [0.29, 0.717) is 47.7 Å². The molecule has 0 spiro atoms. The second-order valence-corrected chi connectivity index (χ2v) is 13.7. The van der Waals surface area contributed by atoms with E-state index >= 15 is 0 Å². The maximum absolute atomic E-state index is 6.57. The molecule has 0 radical (unpaired) electrons. The second-order valence-electron chi connectivity index (χ2n) is 13.3. The Morgan fingerprint density at radius 2 is 1.76 bits per heavy atom. The van der Waals surface area contributed by atoms with Crippen molar-refractivity contribution in [3.05, 3.63) is 101 Å². The zero-order chi connectivity index (χ0) is 27.3. The lowest BCUT2D eigenvalue weighted by molar-refractivity contribution is 0.0167. The lowest BCUT2D eigenvalue weighted by atomic mass is 9.63. The Hall–Kier alpha value is -2.53. The summed E-state index contributed by atoms with van der Waals surface area (Å²) in [6.07, 6.45) is 34.0. The van der Waals surface area contributed by atoms with Crippen molar-refractivity contribution < 1.29 is 0 Å². The first-order valence-corrected chi connectivity index (χ1v) is 16.5. The van der Waals surface area contributed by atoms with E-state index in [2.05, 4.69) is 93.7 Å². The van der Waals surface area contributed by atoms with Gasteiger partial charge in [-0.1, -0.05) is 72.3 Å². The van der Waals surface area contributed by atoms with Gasteiger partial charge in [-0.05, 0) is 99.3 Å². The van der Waals surface area contributed by atoms with Crippen LogP contribution in [0.1, 0.15) is 51.4 Å². The summed E-state index contributed by atoms with van der Waals surface area (Å²) in [6, 6.07) is 9.71. The highest BCUT2D eigenvalue weighted by Gasteiger charge is 2.55. The molecule has 7 aliphatic rings. The summed E-state index contributed by atoms with van der Waals surface area (Å²) >= 11 is 6.57. The van der Waals surface area contributed by atoms with Gasteiger partial charge >= 0.3 is 0 Å². The number of benzene rings is 1. The minimum absolute atomic E-state index is 0.186. The monoisotopic (exact) mass is 566 g/mol. The van der Waals surface area contributed by atoms with Gasteiger partial charge in [0, 0.05) is 41.4 Å². The molecular formula is C36H43ClN4. The Balaban J connectivity index is 1.09. The van der Waals surface area contributed by atoms with Gasteiger partial charge in [-0.15, -0.1) is 0 Å². The molecular weight excluding hydrogens is 524 g/mol. The first-order valence-electron chi connectivity index (χ1n) is 16.1. The molecule has 2 aliphatic heterocycles. The number of hydrogen-bond acceptors (Lipinski definition) is 4. The van der Waals surface area contributed by atoms with Crippen molar-refractivity contribution in [1.82, 2.24) is 15.5 Å². The lowest BCUT2D eigenvalue weighted by Crippen LogP contribution is -2.70. The number of nitrogens with zero attached hydrogens (tertiary/aromatic N) is 1. The molecule has 0 amide bonds. The Kier molecular flexibility index (Phi) is 6.98. The molecule has 1 aromatic carbocycles. The number of hydrogen-bond donors (Lipinski definition) is 3. The highest BCUT2D eigenvalue weighted by atomic mass is 35.5. The van der Waals surface area contributed by atoms with Gasteiger partial charge < -0.3 is 10.2 Å². The minimum atomic E-state index is 0.186. The molecule has 8 rings (SSSR count). The van der Waals surface area contributed by atoms with E-state index in [1.807, 2.05) is 12.1 Å². The average molecular weight is 567 g/mol. The van der Waals surface area contributed by atoms with Gasteiger partial charge in [-0.3, -0.25) is 10.6 Å². The maximum Gasteiger partial charge on any atom is 0.135 e. The summed E-state index contributed by atoms with van der Waals surface area (Å²) in [5.74, 6) is 3.63. The molecule has 10 atom stereocenters. The summed E-state index contributed by atoms with van der Waals surface area (Å²) in [6.45, 7) is 0. The van der Waals surface area contributed by atoms with Gasteiger partial charge in [0.15, 0.2) is 0 Å². The zero-order valence-electron chi connectivity index (χ0n) is 23.8. The van der Waals surface area contributed by atoms with E-state index in [-0.39, 0.29) is 6.29 Å². The molecule has 4 nitrogen and oxygen atoms in total. The largest absolute Gasteiger partial charge is 0.357 e. The topological polar surface area (TPSA) is 39.3 Å². The van der Waals surface area contributed by atoms with Gasteiger partial charge in [0.1, 0.15) is 6.29 Å². The van der Waals surface area contributed by atoms with Gasteiger partial charge in [0.2, 0.25) is 0 Å². The molecule has 5 heteroatoms. The van der Waals surface area contributed by atoms with E-state index in [0.717, 1.165) is 23.0 Å². The predicted octanol–water partition coefficient (Wildman–Crippen LogP) is 7.53. The third kappa shape index (κ3) is 4.58. The summed E-state index contributed by atoms with van der Waals surface area (Å²) in [7, 11) is 0. The van der Waals surface area contributed by atoms with Crippen LogP contribution in [0, 0.1) is 35.5 Å². The molecule has 3 N–H and O–H groups in total. The predicted molar refractivity (Wildman–Crippen MR) is 169 cm³/mol. The van der Waals surface area contributed by atoms with Gasteiger partial charge in [-0.25, -0.2) is 0 Å². The molecule has 41 heavy (non-hydrogen) atoms. The van der Waals surface area contributed by atoms with Crippen molar-refractivity contribution in [2.24, 2.45) is 35.5 Å². The molecule has 1 saturated carbocycles. The van der Waals surface area contributed by atoms with Crippen LogP contribution in [0.3, 0.4) is 0 Å². The maximum atomic E-state index is 6.57. The Labute approximate surface area is 250 Å². The van der Waals surface area contributed by atoms with Crippen LogP contribution in [0.15, 0.2) is 96.4 Å². The van der Waals surface area contributed by atoms with Crippen LogP contribution in [0.2, 0.25) is 5.02 Å². The highest BCUT2D eigenvalue weighted by Crippen LogP contribution is 2.55. The molecule has 2 saturated heterocycles. The van der Waals surface area contributed by atoms with Crippen molar-refractivity contribution >= 4 is 17.3 Å². The van der Waals surface area contributed by atoms with Gasteiger partial charge in [0.05, 0.1) is 10.7 Å². The highest BCUT2D eigenvalue weighted by molar-refractivity contribution is 6.33. The fourth-order valence-electron chi connectivity index (χ4n) is 9.57. The first-order chi connectivity index (χ1) is 20.3. The minimum Gasteiger partial charge on any atom is -0.357 e. The van der Waals surface area contributed by atoms with E-state index in [4.69, 9.17) is 11.6 Å². The number of rotatable bonds is 4. The van der Waals surface area contributed by atoms with E-state index < -0.39 is 0 Å². The van der Waals surface area contributed by atoms with Crippen molar-refractivity contribution in [2.75, 3.05) is 5.32 Å². The number of allylic oxidation sites excluding steroid dienone is 11. The fourth-order valence-corrected chi connectivity index (χ4v) is 9.75. The average Bonchev–Trinajstić information content (AvgIpc) is 3.37. The number of halogens is 1. The number of nitrogens with one attached hydrogen (secondary N) is 3. The number of likely N-dealkylation sites (tertiary alicyclic amines) is 1. The van der Waals surface area contributed by atoms with Crippen molar-refractivity contribution in [1.29, 1.82) is 0 Å². The molecule has 10 unspecified atom stereocenters. The third-order valence-electron chi connectivity index (χ3n) is 11.3. The SMILES string of the molecule is Clc1ccccc1NC1=CC=CC2C1CCC1C2C2CC=CC=C2N1C1NC2C=CCCC2C(C2CC=CCC2)N1. The summed E-state index contributed by atoms with van der Waals surface area (Å²) < 4.78 is 0. The fraction of sp³-hybridized carbons (Fsp3) is 0.500. The van der Waals surface area contributed by atoms with Gasteiger partial charge in [0.25, 0.3) is 0 Å². The van der Waals surface area contributed by atoms with Crippen molar-refractivity contribution in [3.8, 4) is 0 Å². The molecule has 0 bridgehead atoms. The number of fused-ring (bicyclic) bond motifs is 6. The number of anilines is 1. The van der Waals surface area contributed by atoms with Crippen molar-refractivity contribution in [2.45, 2.75) is 75.8 Å². The molecule has 2 heterocycles. The Morgan fingerprint density at radius 1 is 0.829 bits per heavy atom. The van der Waals surface area contributed by atoms with Crippen LogP contribution >= 0.6 is 11.6 Å². The standard InChI is InChI=1S/C36H43ClN4/c37-28-16-6-8-18-31(28)38-29-19-10-15-25-24(29)21-22-33-34(25)27-14-5-9-20-32(27)41(33)36-39-30-17-7-4-13-26(30)35(40-36)23-11-2-1-3-12-23/h1-2,5-10,15-20,23-27,30,33-36,38-40H,3-4,11-14,21-22H2.